The normalized spacial score (nSPS) is 15.4. The van der Waals surface area contributed by atoms with E-state index in [0.717, 1.165) is 36.3 Å². The van der Waals surface area contributed by atoms with Crippen LogP contribution in [0.1, 0.15) is 16.1 Å². The Bertz CT molecular complexity index is 726. The molecule has 24 heavy (non-hydrogen) atoms. The Morgan fingerprint density at radius 3 is 2.50 bits per heavy atom. The van der Waals surface area contributed by atoms with Crippen molar-refractivity contribution in [2.75, 3.05) is 38.5 Å². The summed E-state index contributed by atoms with van der Waals surface area (Å²) in [6.45, 7) is 5.27. The molecule has 0 unspecified atom stereocenters. The molecule has 1 aliphatic heterocycles. The van der Waals surface area contributed by atoms with Crippen LogP contribution in [0.4, 0.5) is 11.5 Å². The van der Waals surface area contributed by atoms with E-state index in [0.29, 0.717) is 11.5 Å². The minimum Gasteiger partial charge on any atom is -0.338 e. The van der Waals surface area contributed by atoms with E-state index in [9.17, 15) is 4.79 Å². The number of rotatable bonds is 3. The average Bonchev–Trinajstić information content (AvgIpc) is 2.58. The zero-order valence-electron chi connectivity index (χ0n) is 13.8. The number of aryl methyl sites for hydroxylation is 1. The Labute approximate surface area is 150 Å². The molecule has 1 saturated heterocycles. The van der Waals surface area contributed by atoms with Gasteiger partial charge in [0.25, 0.3) is 5.91 Å². The number of carbonyl (C=O) groups is 1. The fraction of sp³-hybridized carbons (Fsp3) is 0.353. The van der Waals surface area contributed by atoms with Crippen LogP contribution in [0.25, 0.3) is 0 Å². The summed E-state index contributed by atoms with van der Waals surface area (Å²) in [5.74, 6) is 0.549. The second-order valence-corrected chi connectivity index (χ2v) is 6.86. The van der Waals surface area contributed by atoms with Crippen LogP contribution in [0.3, 0.4) is 0 Å². The molecule has 0 radical (unpaired) electrons. The first-order chi connectivity index (χ1) is 11.5. The highest BCUT2D eigenvalue weighted by atomic mass is 79.9. The molecule has 0 bridgehead atoms. The number of piperazine rings is 1. The largest absolute Gasteiger partial charge is 0.338 e. The van der Waals surface area contributed by atoms with E-state index in [-0.39, 0.29) is 5.91 Å². The average molecular weight is 390 g/mol. The molecule has 0 atom stereocenters. The van der Waals surface area contributed by atoms with Crippen LogP contribution in [0.5, 0.6) is 0 Å². The van der Waals surface area contributed by atoms with Gasteiger partial charge in [-0.25, -0.2) is 0 Å². The standard InChI is InChI=1S/C17H20BrN5O/c1-12-3-4-14(13(18)11-12)19-16-6-5-15(20-21-16)17(24)23-9-7-22(2)8-10-23/h3-6,11H,7-10H2,1-2H3,(H,19,21). The number of anilines is 2. The highest BCUT2D eigenvalue weighted by Gasteiger charge is 2.21. The summed E-state index contributed by atoms with van der Waals surface area (Å²) in [5.41, 5.74) is 2.47. The van der Waals surface area contributed by atoms with E-state index in [4.69, 9.17) is 0 Å². The Morgan fingerprint density at radius 2 is 1.88 bits per heavy atom. The molecule has 6 nitrogen and oxygen atoms in total. The van der Waals surface area contributed by atoms with E-state index in [1.165, 1.54) is 5.56 Å². The van der Waals surface area contributed by atoms with Gasteiger partial charge in [-0.1, -0.05) is 6.07 Å². The van der Waals surface area contributed by atoms with E-state index in [2.05, 4.69) is 43.4 Å². The predicted octanol–water partition coefficient (Wildman–Crippen LogP) is 2.68. The number of nitrogens with zero attached hydrogens (tertiary/aromatic N) is 4. The van der Waals surface area contributed by atoms with Crippen LogP contribution in [0.2, 0.25) is 0 Å². The number of aromatic nitrogens is 2. The number of nitrogens with one attached hydrogen (secondary N) is 1. The van der Waals surface area contributed by atoms with Gasteiger partial charge in [-0.3, -0.25) is 4.79 Å². The zero-order chi connectivity index (χ0) is 17.1. The molecule has 126 valence electrons. The van der Waals surface area contributed by atoms with Gasteiger partial charge in [0, 0.05) is 30.7 Å². The molecule has 1 N–H and O–H groups in total. The van der Waals surface area contributed by atoms with Gasteiger partial charge >= 0.3 is 0 Å². The first-order valence-electron chi connectivity index (χ1n) is 7.87. The van der Waals surface area contributed by atoms with Crippen molar-refractivity contribution in [3.8, 4) is 0 Å². The van der Waals surface area contributed by atoms with Crippen molar-refractivity contribution in [2.24, 2.45) is 0 Å². The zero-order valence-corrected chi connectivity index (χ0v) is 15.4. The minimum atomic E-state index is -0.0568. The molecule has 7 heteroatoms. The molecule has 0 saturated carbocycles. The number of hydrogen-bond donors (Lipinski definition) is 1. The highest BCUT2D eigenvalue weighted by Crippen LogP contribution is 2.25. The molecule has 1 aliphatic rings. The van der Waals surface area contributed by atoms with Crippen LogP contribution in [0, 0.1) is 6.92 Å². The number of halogens is 1. The van der Waals surface area contributed by atoms with Crippen molar-refractivity contribution in [1.29, 1.82) is 0 Å². The van der Waals surface area contributed by atoms with Crippen molar-refractivity contribution < 1.29 is 4.79 Å². The van der Waals surface area contributed by atoms with E-state index < -0.39 is 0 Å². The molecular weight excluding hydrogens is 370 g/mol. The van der Waals surface area contributed by atoms with Gasteiger partial charge in [-0.15, -0.1) is 10.2 Å². The van der Waals surface area contributed by atoms with E-state index in [1.54, 1.807) is 12.1 Å². The molecule has 1 aromatic heterocycles. The second kappa shape index (κ2) is 7.27. The van der Waals surface area contributed by atoms with Gasteiger partial charge in [0.05, 0.1) is 5.69 Å². The summed E-state index contributed by atoms with van der Waals surface area (Å²) in [4.78, 5) is 16.5. The summed E-state index contributed by atoms with van der Waals surface area (Å²) in [7, 11) is 2.06. The van der Waals surface area contributed by atoms with E-state index >= 15 is 0 Å². The molecule has 1 amide bonds. The molecule has 3 rings (SSSR count). The minimum absolute atomic E-state index is 0.0568. The third-order valence-electron chi connectivity index (χ3n) is 4.06. The van der Waals surface area contributed by atoms with Crippen molar-refractivity contribution in [3.63, 3.8) is 0 Å². The fourth-order valence-corrected chi connectivity index (χ4v) is 3.14. The van der Waals surface area contributed by atoms with Gasteiger partial charge in [-0.2, -0.15) is 0 Å². The van der Waals surface area contributed by atoms with E-state index in [1.807, 2.05) is 30.0 Å². The van der Waals surface area contributed by atoms with Crippen LogP contribution in [-0.2, 0) is 0 Å². The Balaban J connectivity index is 1.68. The number of carbonyl (C=O) groups excluding carboxylic acids is 1. The van der Waals surface area contributed by atoms with Crippen molar-refractivity contribution in [2.45, 2.75) is 6.92 Å². The summed E-state index contributed by atoms with van der Waals surface area (Å²) in [6.07, 6.45) is 0. The van der Waals surface area contributed by atoms with Crippen LogP contribution in [0.15, 0.2) is 34.8 Å². The summed E-state index contributed by atoms with van der Waals surface area (Å²) < 4.78 is 0.960. The van der Waals surface area contributed by atoms with Crippen LogP contribution < -0.4 is 5.32 Å². The lowest BCUT2D eigenvalue weighted by Gasteiger charge is -2.32. The van der Waals surface area contributed by atoms with Crippen molar-refractivity contribution in [1.82, 2.24) is 20.0 Å². The summed E-state index contributed by atoms with van der Waals surface area (Å²) in [5, 5.41) is 11.4. The first-order valence-corrected chi connectivity index (χ1v) is 8.67. The maximum atomic E-state index is 12.4. The fourth-order valence-electron chi connectivity index (χ4n) is 2.54. The smallest absolute Gasteiger partial charge is 0.274 e. The molecule has 2 aromatic rings. The monoisotopic (exact) mass is 389 g/mol. The summed E-state index contributed by atoms with van der Waals surface area (Å²) in [6, 6.07) is 9.53. The van der Waals surface area contributed by atoms with Gasteiger partial charge in [0.15, 0.2) is 11.5 Å². The molecular formula is C17H20BrN5O. The van der Waals surface area contributed by atoms with Crippen molar-refractivity contribution >= 4 is 33.3 Å². The number of likely N-dealkylation sites (N-methyl/N-ethyl adjacent to an activating group) is 1. The Kier molecular flexibility index (Phi) is 5.11. The topological polar surface area (TPSA) is 61.4 Å². The summed E-state index contributed by atoms with van der Waals surface area (Å²) >= 11 is 3.52. The maximum absolute atomic E-state index is 12.4. The molecule has 1 fully saturated rings. The SMILES string of the molecule is Cc1ccc(Nc2ccc(C(=O)N3CCN(C)CC3)nn2)c(Br)c1. The Morgan fingerprint density at radius 1 is 1.12 bits per heavy atom. The molecule has 1 aromatic carbocycles. The molecule has 0 aliphatic carbocycles. The lowest BCUT2D eigenvalue weighted by atomic mass is 10.2. The molecule has 2 heterocycles. The van der Waals surface area contributed by atoms with Crippen molar-refractivity contribution in [3.05, 3.63) is 46.1 Å². The predicted molar refractivity (Wildman–Crippen MR) is 97.6 cm³/mol. The third kappa shape index (κ3) is 3.91. The third-order valence-corrected chi connectivity index (χ3v) is 4.72. The number of amides is 1. The highest BCUT2D eigenvalue weighted by molar-refractivity contribution is 9.10. The number of benzene rings is 1. The quantitative estimate of drug-likeness (QED) is 0.873. The lowest BCUT2D eigenvalue weighted by Crippen LogP contribution is -2.47. The van der Waals surface area contributed by atoms with Gasteiger partial charge in [0.1, 0.15) is 0 Å². The van der Waals surface area contributed by atoms with Gasteiger partial charge in [-0.05, 0) is 59.7 Å². The Hall–Kier alpha value is -1.99. The second-order valence-electron chi connectivity index (χ2n) is 6.01. The lowest BCUT2D eigenvalue weighted by molar-refractivity contribution is 0.0657. The van der Waals surface area contributed by atoms with Gasteiger partial charge in [0.2, 0.25) is 0 Å². The first kappa shape index (κ1) is 16.9. The van der Waals surface area contributed by atoms with Crippen LogP contribution in [-0.4, -0.2) is 59.1 Å². The maximum Gasteiger partial charge on any atom is 0.274 e. The number of hydrogen-bond acceptors (Lipinski definition) is 5. The van der Waals surface area contributed by atoms with Gasteiger partial charge < -0.3 is 15.1 Å². The van der Waals surface area contributed by atoms with Crippen LogP contribution >= 0.6 is 15.9 Å². The molecule has 0 spiro atoms.